The third kappa shape index (κ3) is 4.58. The number of thiophene rings is 1. The Hall–Kier alpha value is -2.28. The zero-order valence-corrected chi connectivity index (χ0v) is 19.5. The molecule has 1 heterocycles. The predicted octanol–water partition coefficient (Wildman–Crippen LogP) is 4.57. The van der Waals surface area contributed by atoms with E-state index in [0.717, 1.165) is 36.8 Å². The van der Waals surface area contributed by atoms with E-state index in [1.807, 2.05) is 30.3 Å². The van der Waals surface area contributed by atoms with Gasteiger partial charge in [0.1, 0.15) is 9.99 Å². The van der Waals surface area contributed by atoms with E-state index >= 15 is 0 Å². The average Bonchev–Trinajstić information content (AvgIpc) is 3.39. The molecule has 0 amide bonds. The monoisotopic (exact) mass is 465 g/mol. The lowest BCUT2D eigenvalue weighted by Crippen LogP contribution is -2.41. The van der Waals surface area contributed by atoms with Gasteiger partial charge in [-0.1, -0.05) is 54.6 Å². The second-order valence-corrected chi connectivity index (χ2v) is 12.0. The number of carbonyl (C=O) groups is 1. The van der Waals surface area contributed by atoms with E-state index in [0.29, 0.717) is 28.9 Å². The van der Waals surface area contributed by atoms with Crippen molar-refractivity contribution in [3.63, 3.8) is 0 Å². The van der Waals surface area contributed by atoms with Crippen LogP contribution in [0.25, 0.3) is 0 Å². The number of ketones is 1. The van der Waals surface area contributed by atoms with Crippen LogP contribution in [-0.2, 0) is 40.5 Å². The van der Waals surface area contributed by atoms with Gasteiger partial charge in [0.15, 0.2) is 0 Å². The highest BCUT2D eigenvalue weighted by atomic mass is 32.2. The standard InChI is InChI=1S/C26H27NO3S2/c28-24(14-18-5-2-1-3-6-18)15-19-8-9-20-16-21-10-11-22(17-23(20)13-19)26(21)27-32(29,30)25-7-4-12-31-25/h1-9,12-13,21-22,26-27H,10-11,14-17H2. The number of carbonyl (C=O) groups excluding carboxylic acids is 1. The Morgan fingerprint density at radius 3 is 2.31 bits per heavy atom. The summed E-state index contributed by atoms with van der Waals surface area (Å²) in [7, 11) is -3.48. The third-order valence-corrected chi connectivity index (χ3v) is 9.71. The molecule has 3 aromatic rings. The second-order valence-electron chi connectivity index (χ2n) is 9.07. The van der Waals surface area contributed by atoms with Gasteiger partial charge >= 0.3 is 0 Å². The minimum atomic E-state index is -3.48. The molecule has 0 spiro atoms. The van der Waals surface area contributed by atoms with Crippen molar-refractivity contribution in [3.05, 3.63) is 88.3 Å². The van der Waals surface area contributed by atoms with E-state index in [1.54, 1.807) is 17.5 Å². The number of hydrogen-bond donors (Lipinski definition) is 1. The molecule has 0 aliphatic heterocycles. The lowest BCUT2D eigenvalue weighted by molar-refractivity contribution is -0.117. The van der Waals surface area contributed by atoms with E-state index < -0.39 is 10.0 Å². The first-order valence-corrected chi connectivity index (χ1v) is 13.6. The van der Waals surface area contributed by atoms with Gasteiger partial charge in [-0.3, -0.25) is 4.79 Å². The van der Waals surface area contributed by atoms with Gasteiger partial charge in [0, 0.05) is 18.9 Å². The molecule has 3 atom stereocenters. The van der Waals surface area contributed by atoms with Gasteiger partial charge in [0.25, 0.3) is 0 Å². The highest BCUT2D eigenvalue weighted by Gasteiger charge is 2.41. The molecular weight excluding hydrogens is 438 g/mol. The molecule has 32 heavy (non-hydrogen) atoms. The largest absolute Gasteiger partial charge is 0.299 e. The number of Topliss-reactive ketones (excluding diaryl/α,β-unsaturated/α-hetero) is 1. The lowest BCUT2D eigenvalue weighted by Gasteiger charge is -2.23. The summed E-state index contributed by atoms with van der Waals surface area (Å²) >= 11 is 1.26. The van der Waals surface area contributed by atoms with Crippen molar-refractivity contribution in [1.82, 2.24) is 4.72 Å². The summed E-state index contributed by atoms with van der Waals surface area (Å²) < 4.78 is 29.1. The van der Waals surface area contributed by atoms with E-state index in [9.17, 15) is 13.2 Å². The van der Waals surface area contributed by atoms with Crippen LogP contribution in [-0.4, -0.2) is 20.2 Å². The number of rotatable bonds is 7. The molecule has 0 radical (unpaired) electrons. The fourth-order valence-corrected chi connectivity index (χ4v) is 7.72. The van der Waals surface area contributed by atoms with Gasteiger partial charge in [-0.2, -0.15) is 0 Å². The van der Waals surface area contributed by atoms with Gasteiger partial charge in [-0.25, -0.2) is 13.1 Å². The molecule has 5 rings (SSSR count). The maximum atomic E-state index is 12.9. The Morgan fingerprint density at radius 2 is 1.59 bits per heavy atom. The zero-order chi connectivity index (χ0) is 22.1. The van der Waals surface area contributed by atoms with Crippen LogP contribution in [0.3, 0.4) is 0 Å². The Labute approximate surface area is 193 Å². The van der Waals surface area contributed by atoms with Crippen LogP contribution in [0.4, 0.5) is 0 Å². The zero-order valence-electron chi connectivity index (χ0n) is 17.9. The summed E-state index contributed by atoms with van der Waals surface area (Å²) in [5.41, 5.74) is 4.68. The molecule has 2 aromatic carbocycles. The van der Waals surface area contributed by atoms with Crippen LogP contribution < -0.4 is 4.72 Å². The first-order valence-electron chi connectivity index (χ1n) is 11.2. The summed E-state index contributed by atoms with van der Waals surface area (Å²) in [4.78, 5) is 12.6. The summed E-state index contributed by atoms with van der Waals surface area (Å²) in [6.07, 6.45) is 4.74. The van der Waals surface area contributed by atoms with E-state index in [-0.39, 0.29) is 11.8 Å². The molecule has 3 unspecified atom stereocenters. The molecule has 2 bridgehead atoms. The molecule has 4 nitrogen and oxygen atoms in total. The molecule has 6 heteroatoms. The van der Waals surface area contributed by atoms with Crippen LogP contribution in [0.15, 0.2) is 70.3 Å². The first kappa shape index (κ1) is 21.6. The molecular formula is C26H27NO3S2. The number of hydrogen-bond acceptors (Lipinski definition) is 4. The SMILES string of the molecule is O=C(Cc1ccccc1)Cc1ccc2c(c1)CC1CCC(C2)C1NS(=O)(=O)c1cccs1. The minimum Gasteiger partial charge on any atom is -0.299 e. The fourth-order valence-electron chi connectivity index (χ4n) is 5.33. The van der Waals surface area contributed by atoms with Gasteiger partial charge in [0.05, 0.1) is 0 Å². The normalized spacial score (nSPS) is 22.3. The van der Waals surface area contributed by atoms with Gasteiger partial charge in [-0.05, 0) is 71.2 Å². The van der Waals surface area contributed by atoms with Crippen molar-refractivity contribution >= 4 is 27.1 Å². The van der Waals surface area contributed by atoms with Crippen LogP contribution in [0, 0.1) is 11.8 Å². The topological polar surface area (TPSA) is 63.2 Å². The second kappa shape index (κ2) is 8.93. The highest BCUT2D eigenvalue weighted by molar-refractivity contribution is 7.91. The number of benzene rings is 2. The maximum absolute atomic E-state index is 12.9. The fraction of sp³-hybridized carbons (Fsp3) is 0.346. The van der Waals surface area contributed by atoms with Crippen molar-refractivity contribution in [2.75, 3.05) is 0 Å². The summed E-state index contributed by atoms with van der Waals surface area (Å²) in [6.45, 7) is 0. The Bertz CT molecular complexity index is 1200. The van der Waals surface area contributed by atoms with E-state index in [4.69, 9.17) is 0 Å². The van der Waals surface area contributed by atoms with E-state index in [1.165, 1.54) is 22.5 Å². The average molecular weight is 466 g/mol. The van der Waals surface area contributed by atoms with Crippen LogP contribution in [0.1, 0.15) is 35.1 Å². The number of fused-ring (bicyclic) bond motifs is 3. The molecule has 166 valence electrons. The van der Waals surface area contributed by atoms with Crippen LogP contribution in [0.5, 0.6) is 0 Å². The summed E-state index contributed by atoms with van der Waals surface area (Å²) in [6, 6.07) is 19.7. The van der Waals surface area contributed by atoms with Crippen molar-refractivity contribution in [1.29, 1.82) is 0 Å². The Balaban J connectivity index is 1.30. The molecule has 0 saturated heterocycles. The van der Waals surface area contributed by atoms with Crippen LogP contribution >= 0.6 is 11.3 Å². The first-order chi connectivity index (χ1) is 15.5. The molecule has 2 aliphatic carbocycles. The summed E-state index contributed by atoms with van der Waals surface area (Å²) in [5, 5.41) is 1.80. The Kier molecular flexibility index (Phi) is 6.01. The Morgan fingerprint density at radius 1 is 0.875 bits per heavy atom. The van der Waals surface area contributed by atoms with Gasteiger partial charge in [-0.15, -0.1) is 11.3 Å². The smallest absolute Gasteiger partial charge is 0.250 e. The number of sulfonamides is 1. The van der Waals surface area contributed by atoms with Gasteiger partial charge in [0.2, 0.25) is 10.0 Å². The maximum Gasteiger partial charge on any atom is 0.250 e. The minimum absolute atomic E-state index is 0.0299. The van der Waals surface area contributed by atoms with Crippen molar-refractivity contribution < 1.29 is 13.2 Å². The van der Waals surface area contributed by atoms with Crippen molar-refractivity contribution in [2.24, 2.45) is 11.8 Å². The molecule has 2 aliphatic rings. The third-order valence-electron chi connectivity index (χ3n) is 6.86. The molecule has 1 aromatic heterocycles. The highest BCUT2D eigenvalue weighted by Crippen LogP contribution is 2.41. The van der Waals surface area contributed by atoms with Crippen molar-refractivity contribution in [3.8, 4) is 0 Å². The molecule has 1 saturated carbocycles. The summed E-state index contributed by atoms with van der Waals surface area (Å²) in [5.74, 6) is 0.834. The van der Waals surface area contributed by atoms with Crippen molar-refractivity contribution in [2.45, 2.75) is 48.8 Å². The molecule has 1 N–H and O–H groups in total. The lowest BCUT2D eigenvalue weighted by atomic mass is 9.91. The van der Waals surface area contributed by atoms with Gasteiger partial charge < -0.3 is 0 Å². The molecule has 1 fully saturated rings. The number of nitrogens with one attached hydrogen (secondary N) is 1. The quantitative estimate of drug-likeness (QED) is 0.556. The van der Waals surface area contributed by atoms with Crippen LogP contribution in [0.2, 0.25) is 0 Å². The van der Waals surface area contributed by atoms with E-state index in [2.05, 4.69) is 22.9 Å². The predicted molar refractivity (Wildman–Crippen MR) is 127 cm³/mol.